The van der Waals surface area contributed by atoms with Gasteiger partial charge in [-0.1, -0.05) is 32.1 Å². The number of carboxylic acids is 1. The number of hydrogen-bond donors (Lipinski definition) is 3. The van der Waals surface area contributed by atoms with E-state index in [0.29, 0.717) is 18.0 Å². The molecule has 1 saturated carbocycles. The van der Waals surface area contributed by atoms with Crippen LogP contribution in [0.25, 0.3) is 0 Å². The first-order valence-corrected chi connectivity index (χ1v) is 8.68. The van der Waals surface area contributed by atoms with E-state index in [-0.39, 0.29) is 18.0 Å². The van der Waals surface area contributed by atoms with Crippen LogP contribution in [0.1, 0.15) is 67.4 Å². The molecule has 1 heterocycles. The van der Waals surface area contributed by atoms with E-state index in [1.54, 1.807) is 13.0 Å². The molecule has 1 aliphatic carbocycles. The maximum Gasteiger partial charge on any atom is 0.303 e. The average Bonchev–Trinajstić information content (AvgIpc) is 2.53. The van der Waals surface area contributed by atoms with Crippen LogP contribution in [0.15, 0.2) is 16.9 Å². The third-order valence-corrected chi connectivity index (χ3v) is 4.68. The van der Waals surface area contributed by atoms with E-state index < -0.39 is 17.4 Å². The SMILES string of the molecule is Cc1ccc(C(=O)NC(CCC(=O)O)CC2CCCCC2)c(=O)[nH]1. The lowest BCUT2D eigenvalue weighted by molar-refractivity contribution is -0.137. The Bertz CT molecular complexity index is 632. The number of carboxylic acid groups (broad SMARTS) is 1. The van der Waals surface area contributed by atoms with Crippen LogP contribution in [0.2, 0.25) is 0 Å². The molecule has 1 fully saturated rings. The standard InChI is InChI=1S/C18H26N2O4/c1-12-7-9-15(17(23)19-12)18(24)20-14(8-10-16(21)22)11-13-5-3-2-4-6-13/h7,9,13-14H,2-6,8,10-11H2,1H3,(H,19,23)(H,20,24)(H,21,22). The average molecular weight is 334 g/mol. The predicted molar refractivity (Wildman–Crippen MR) is 91.1 cm³/mol. The molecule has 132 valence electrons. The normalized spacial score (nSPS) is 16.5. The summed E-state index contributed by atoms with van der Waals surface area (Å²) >= 11 is 0. The van der Waals surface area contributed by atoms with Crippen LogP contribution >= 0.6 is 0 Å². The zero-order valence-corrected chi connectivity index (χ0v) is 14.1. The molecule has 1 aromatic rings. The molecule has 0 aliphatic heterocycles. The second kappa shape index (κ2) is 8.66. The number of aliphatic carboxylic acids is 1. The number of hydrogen-bond acceptors (Lipinski definition) is 3. The Morgan fingerprint density at radius 3 is 2.62 bits per heavy atom. The van der Waals surface area contributed by atoms with Crippen LogP contribution in [0.3, 0.4) is 0 Å². The highest BCUT2D eigenvalue weighted by Crippen LogP contribution is 2.28. The van der Waals surface area contributed by atoms with Gasteiger partial charge in [0, 0.05) is 18.2 Å². The van der Waals surface area contributed by atoms with Crippen molar-refractivity contribution in [1.29, 1.82) is 0 Å². The fourth-order valence-corrected chi connectivity index (χ4v) is 3.39. The van der Waals surface area contributed by atoms with Gasteiger partial charge in [-0.3, -0.25) is 14.4 Å². The van der Waals surface area contributed by atoms with E-state index in [1.165, 1.54) is 25.3 Å². The molecule has 1 atom stereocenters. The molecule has 24 heavy (non-hydrogen) atoms. The highest BCUT2D eigenvalue weighted by molar-refractivity contribution is 5.94. The molecule has 3 N–H and O–H groups in total. The topological polar surface area (TPSA) is 99.3 Å². The molecule has 6 nitrogen and oxygen atoms in total. The summed E-state index contributed by atoms with van der Waals surface area (Å²) in [4.78, 5) is 37.8. The third kappa shape index (κ3) is 5.51. The Kier molecular flexibility index (Phi) is 6.58. The van der Waals surface area contributed by atoms with Crippen LogP contribution in [0.4, 0.5) is 0 Å². The molecular weight excluding hydrogens is 308 g/mol. The summed E-state index contributed by atoms with van der Waals surface area (Å²) < 4.78 is 0. The van der Waals surface area contributed by atoms with Gasteiger partial charge in [0.25, 0.3) is 11.5 Å². The number of amides is 1. The van der Waals surface area contributed by atoms with Gasteiger partial charge in [0.2, 0.25) is 0 Å². The number of nitrogens with one attached hydrogen (secondary N) is 2. The second-order valence-corrected chi connectivity index (χ2v) is 6.73. The second-order valence-electron chi connectivity index (χ2n) is 6.73. The third-order valence-electron chi connectivity index (χ3n) is 4.68. The van der Waals surface area contributed by atoms with Crippen molar-refractivity contribution >= 4 is 11.9 Å². The number of carbonyl (C=O) groups excluding carboxylic acids is 1. The summed E-state index contributed by atoms with van der Waals surface area (Å²) in [6.45, 7) is 1.75. The Hall–Kier alpha value is -2.11. The van der Waals surface area contributed by atoms with Crippen molar-refractivity contribution in [2.45, 2.75) is 64.3 Å². The zero-order chi connectivity index (χ0) is 17.5. The van der Waals surface area contributed by atoms with Gasteiger partial charge < -0.3 is 15.4 Å². The largest absolute Gasteiger partial charge is 0.481 e. The van der Waals surface area contributed by atoms with Crippen molar-refractivity contribution < 1.29 is 14.7 Å². The van der Waals surface area contributed by atoms with Crippen molar-refractivity contribution in [2.75, 3.05) is 0 Å². The number of pyridine rings is 1. The first-order valence-electron chi connectivity index (χ1n) is 8.68. The summed E-state index contributed by atoms with van der Waals surface area (Å²) in [7, 11) is 0. The quantitative estimate of drug-likeness (QED) is 0.713. The van der Waals surface area contributed by atoms with E-state index >= 15 is 0 Å². The number of H-pyrrole nitrogens is 1. The molecule has 1 amide bonds. The zero-order valence-electron chi connectivity index (χ0n) is 14.1. The summed E-state index contributed by atoms with van der Waals surface area (Å²) in [5.74, 6) is -0.775. The van der Waals surface area contributed by atoms with E-state index in [2.05, 4.69) is 10.3 Å². The predicted octanol–water partition coefficient (Wildman–Crippen LogP) is 2.62. The smallest absolute Gasteiger partial charge is 0.303 e. The monoisotopic (exact) mass is 334 g/mol. The van der Waals surface area contributed by atoms with Gasteiger partial charge in [-0.05, 0) is 37.8 Å². The summed E-state index contributed by atoms with van der Waals surface area (Å²) in [5, 5.41) is 11.8. The number of carbonyl (C=O) groups is 2. The fourth-order valence-electron chi connectivity index (χ4n) is 3.39. The first-order chi connectivity index (χ1) is 11.5. The van der Waals surface area contributed by atoms with Gasteiger partial charge >= 0.3 is 5.97 Å². The molecule has 1 aromatic heterocycles. The Morgan fingerprint density at radius 2 is 2.00 bits per heavy atom. The van der Waals surface area contributed by atoms with Gasteiger partial charge in [0.15, 0.2) is 0 Å². The summed E-state index contributed by atoms with van der Waals surface area (Å²) in [6, 6.07) is 2.99. The van der Waals surface area contributed by atoms with Crippen molar-refractivity contribution in [1.82, 2.24) is 10.3 Å². The van der Waals surface area contributed by atoms with Gasteiger partial charge in [-0.25, -0.2) is 0 Å². The van der Waals surface area contributed by atoms with E-state index in [4.69, 9.17) is 5.11 Å². The Balaban J connectivity index is 2.03. The minimum atomic E-state index is -0.869. The maximum atomic E-state index is 12.4. The van der Waals surface area contributed by atoms with E-state index in [0.717, 1.165) is 19.3 Å². The van der Waals surface area contributed by atoms with E-state index in [1.807, 2.05) is 0 Å². The van der Waals surface area contributed by atoms with Crippen molar-refractivity contribution in [3.05, 3.63) is 33.7 Å². The molecule has 0 radical (unpaired) electrons. The Morgan fingerprint density at radius 1 is 1.29 bits per heavy atom. The lowest BCUT2D eigenvalue weighted by Gasteiger charge is -2.27. The van der Waals surface area contributed by atoms with E-state index in [9.17, 15) is 14.4 Å². The van der Waals surface area contributed by atoms with Gasteiger partial charge in [-0.15, -0.1) is 0 Å². The molecular formula is C18H26N2O4. The van der Waals surface area contributed by atoms with Crippen LogP contribution < -0.4 is 10.9 Å². The molecule has 0 aromatic carbocycles. The van der Waals surface area contributed by atoms with Crippen molar-refractivity contribution in [3.63, 3.8) is 0 Å². The maximum absolute atomic E-state index is 12.4. The van der Waals surface area contributed by atoms with Crippen LogP contribution in [-0.2, 0) is 4.79 Å². The highest BCUT2D eigenvalue weighted by Gasteiger charge is 2.22. The number of rotatable bonds is 7. The van der Waals surface area contributed by atoms with Crippen molar-refractivity contribution in [2.24, 2.45) is 5.92 Å². The minimum Gasteiger partial charge on any atom is -0.481 e. The number of aryl methyl sites for hydroxylation is 1. The number of aromatic amines is 1. The lowest BCUT2D eigenvalue weighted by Crippen LogP contribution is -2.39. The molecule has 1 aliphatic rings. The van der Waals surface area contributed by atoms with Gasteiger partial charge in [-0.2, -0.15) is 0 Å². The van der Waals surface area contributed by atoms with Gasteiger partial charge in [0.1, 0.15) is 5.56 Å². The molecule has 0 spiro atoms. The van der Waals surface area contributed by atoms with Crippen LogP contribution in [0, 0.1) is 12.8 Å². The molecule has 2 rings (SSSR count). The molecule has 6 heteroatoms. The first kappa shape index (κ1) is 18.2. The van der Waals surface area contributed by atoms with Crippen LogP contribution in [-0.4, -0.2) is 28.0 Å². The Labute approximate surface area is 141 Å². The van der Waals surface area contributed by atoms with Gasteiger partial charge in [0.05, 0.1) is 0 Å². The fraction of sp³-hybridized carbons (Fsp3) is 0.611. The molecule has 0 bridgehead atoms. The highest BCUT2D eigenvalue weighted by atomic mass is 16.4. The lowest BCUT2D eigenvalue weighted by atomic mass is 9.84. The summed E-state index contributed by atoms with van der Waals surface area (Å²) in [5.41, 5.74) is 0.355. The summed E-state index contributed by atoms with van der Waals surface area (Å²) in [6.07, 6.45) is 7.09. The number of aromatic nitrogens is 1. The minimum absolute atomic E-state index is 0.0158. The molecule has 0 saturated heterocycles. The van der Waals surface area contributed by atoms with Crippen molar-refractivity contribution in [3.8, 4) is 0 Å². The molecule has 1 unspecified atom stereocenters. The van der Waals surface area contributed by atoms with Crippen LogP contribution in [0.5, 0.6) is 0 Å².